The van der Waals surface area contributed by atoms with Crippen LogP contribution >= 0.6 is 0 Å². The summed E-state index contributed by atoms with van der Waals surface area (Å²) in [5.74, 6) is 0.492. The van der Waals surface area contributed by atoms with Crippen molar-refractivity contribution in [3.63, 3.8) is 0 Å². The Balaban J connectivity index is 1.93. The predicted molar refractivity (Wildman–Crippen MR) is 105 cm³/mol. The van der Waals surface area contributed by atoms with E-state index in [-0.39, 0.29) is 23.2 Å². The quantitative estimate of drug-likeness (QED) is 0.669. The van der Waals surface area contributed by atoms with Crippen LogP contribution in [0.5, 0.6) is 5.75 Å². The fraction of sp³-hybridized carbons (Fsp3) is 0.364. The number of carbonyl (C=O) groups excluding carboxylic acids is 1. The highest BCUT2D eigenvalue weighted by molar-refractivity contribution is 6.55. The Morgan fingerprint density at radius 3 is 2.59 bits per heavy atom. The molecule has 7 heteroatoms. The molecule has 2 aliphatic heterocycles. The molecule has 1 atom stereocenters. The molecule has 0 radical (unpaired) electrons. The van der Waals surface area contributed by atoms with Crippen molar-refractivity contribution >= 4 is 23.0 Å². The van der Waals surface area contributed by atoms with Gasteiger partial charge in [-0.1, -0.05) is 13.0 Å². The Kier molecular flexibility index (Phi) is 4.26. The van der Waals surface area contributed by atoms with Crippen LogP contribution in [-0.4, -0.2) is 24.3 Å². The number of hydrogen-bond donors (Lipinski definition) is 0. The summed E-state index contributed by atoms with van der Waals surface area (Å²) < 4.78 is 44.6. The van der Waals surface area contributed by atoms with E-state index < -0.39 is 17.3 Å². The highest BCUT2D eigenvalue weighted by Crippen LogP contribution is 2.50. The van der Waals surface area contributed by atoms with Crippen LogP contribution in [0.2, 0.25) is 0 Å². The van der Waals surface area contributed by atoms with Crippen molar-refractivity contribution in [1.29, 1.82) is 0 Å². The molecule has 0 aromatic heterocycles. The molecule has 152 valence electrons. The summed E-state index contributed by atoms with van der Waals surface area (Å²) in [6.45, 7) is 6.08. The van der Waals surface area contributed by atoms with Gasteiger partial charge in [-0.25, -0.2) is 4.99 Å². The van der Waals surface area contributed by atoms with Crippen LogP contribution in [0.15, 0.2) is 41.4 Å². The predicted octanol–water partition coefficient (Wildman–Crippen LogP) is 5.47. The first kappa shape index (κ1) is 19.5. The maximum Gasteiger partial charge on any atom is 0.416 e. The molecule has 2 aromatic carbocycles. The summed E-state index contributed by atoms with van der Waals surface area (Å²) in [6, 6.07) is 8.36. The lowest BCUT2D eigenvalue weighted by Gasteiger charge is -2.43. The largest absolute Gasteiger partial charge is 0.497 e. The zero-order valence-electron chi connectivity index (χ0n) is 16.6. The first-order valence-corrected chi connectivity index (χ1v) is 9.36. The van der Waals surface area contributed by atoms with Gasteiger partial charge in [0.25, 0.3) is 5.91 Å². The highest BCUT2D eigenvalue weighted by atomic mass is 19.4. The van der Waals surface area contributed by atoms with E-state index in [1.165, 1.54) is 12.1 Å². The summed E-state index contributed by atoms with van der Waals surface area (Å²) >= 11 is 0. The molecule has 0 aliphatic carbocycles. The molecule has 4 nitrogen and oxygen atoms in total. The minimum atomic E-state index is -4.48. The molecule has 1 amide bonds. The molecular weight excluding hydrogens is 381 g/mol. The third-order valence-electron chi connectivity index (χ3n) is 5.59. The Morgan fingerprint density at radius 2 is 1.93 bits per heavy atom. The van der Waals surface area contributed by atoms with Gasteiger partial charge < -0.3 is 9.64 Å². The number of hydrogen-bond acceptors (Lipinski definition) is 3. The average molecular weight is 402 g/mol. The maximum atomic E-state index is 13.3. The Labute approximate surface area is 167 Å². The van der Waals surface area contributed by atoms with Crippen molar-refractivity contribution in [2.45, 2.75) is 44.8 Å². The van der Waals surface area contributed by atoms with E-state index in [1.807, 2.05) is 19.9 Å². The average Bonchev–Trinajstić information content (AvgIpc) is 2.92. The minimum absolute atomic E-state index is 0.0884. The zero-order valence-corrected chi connectivity index (χ0v) is 16.6. The van der Waals surface area contributed by atoms with Crippen molar-refractivity contribution < 1.29 is 22.7 Å². The molecule has 0 bridgehead atoms. The fourth-order valence-corrected chi connectivity index (χ4v) is 4.39. The highest BCUT2D eigenvalue weighted by Gasteiger charge is 2.48. The van der Waals surface area contributed by atoms with Crippen molar-refractivity contribution in [2.75, 3.05) is 12.0 Å². The molecule has 2 aliphatic rings. The molecule has 2 heterocycles. The smallest absolute Gasteiger partial charge is 0.416 e. The summed E-state index contributed by atoms with van der Waals surface area (Å²) in [5, 5.41) is 0. The lowest BCUT2D eigenvalue weighted by Crippen LogP contribution is -2.50. The van der Waals surface area contributed by atoms with Crippen molar-refractivity contribution in [3.05, 3.63) is 53.1 Å². The number of nitrogens with zero attached hydrogens (tertiary/aromatic N) is 2. The van der Waals surface area contributed by atoms with Crippen LogP contribution in [0, 0.1) is 0 Å². The number of alkyl halides is 3. The van der Waals surface area contributed by atoms with E-state index >= 15 is 0 Å². The standard InChI is InChI=1S/C22H21F3N2O2/c1-12-11-21(2,3)27-19-16(12)9-15(29-4)10-17(19)18(20(27)28)26-14-7-5-6-13(8-14)22(23,24)25/h5-10,12H,11H2,1-4H3/t12-/m0/s1. The fourth-order valence-electron chi connectivity index (χ4n) is 4.39. The number of halogens is 3. The van der Waals surface area contributed by atoms with Crippen LogP contribution in [-0.2, 0) is 11.0 Å². The van der Waals surface area contributed by atoms with Gasteiger partial charge in [-0.05, 0) is 62.1 Å². The molecule has 0 unspecified atom stereocenters. The third-order valence-corrected chi connectivity index (χ3v) is 5.59. The van der Waals surface area contributed by atoms with Gasteiger partial charge in [0.15, 0.2) is 0 Å². The van der Waals surface area contributed by atoms with Gasteiger partial charge in [0.2, 0.25) is 0 Å². The van der Waals surface area contributed by atoms with E-state index in [0.717, 1.165) is 29.8 Å². The summed E-state index contributed by atoms with van der Waals surface area (Å²) in [5.41, 5.74) is 1.37. The van der Waals surface area contributed by atoms with Gasteiger partial charge in [0.05, 0.1) is 24.0 Å². The number of benzene rings is 2. The lowest BCUT2D eigenvalue weighted by atomic mass is 9.80. The van der Waals surface area contributed by atoms with Gasteiger partial charge in [-0.2, -0.15) is 13.2 Å². The van der Waals surface area contributed by atoms with E-state index in [0.29, 0.717) is 11.3 Å². The monoisotopic (exact) mass is 402 g/mol. The molecule has 0 saturated carbocycles. The number of aliphatic imine (C=N–C) groups is 1. The molecule has 0 saturated heterocycles. The van der Waals surface area contributed by atoms with Crippen molar-refractivity contribution in [3.8, 4) is 5.75 Å². The third kappa shape index (κ3) is 3.09. The van der Waals surface area contributed by atoms with E-state index in [2.05, 4.69) is 11.9 Å². The normalized spacial score (nSPS) is 21.5. The number of anilines is 1. The van der Waals surface area contributed by atoms with Crippen molar-refractivity contribution in [2.24, 2.45) is 4.99 Å². The number of methoxy groups -OCH3 is 1. The van der Waals surface area contributed by atoms with Crippen LogP contribution in [0.4, 0.5) is 24.5 Å². The van der Waals surface area contributed by atoms with Crippen molar-refractivity contribution in [1.82, 2.24) is 0 Å². The summed E-state index contributed by atoms with van der Waals surface area (Å²) in [7, 11) is 1.55. The van der Waals surface area contributed by atoms with Gasteiger partial charge in [0, 0.05) is 11.1 Å². The van der Waals surface area contributed by atoms with Gasteiger partial charge in [0.1, 0.15) is 11.5 Å². The zero-order chi connectivity index (χ0) is 21.1. The Bertz CT molecular complexity index is 1040. The number of ether oxygens (including phenoxy) is 1. The topological polar surface area (TPSA) is 41.9 Å². The van der Waals surface area contributed by atoms with Crippen LogP contribution in [0.1, 0.15) is 49.8 Å². The minimum Gasteiger partial charge on any atom is -0.497 e. The number of carbonyl (C=O) groups is 1. The van der Waals surface area contributed by atoms with Gasteiger partial charge in [-0.3, -0.25) is 4.79 Å². The Morgan fingerprint density at radius 1 is 1.21 bits per heavy atom. The van der Waals surface area contributed by atoms with Crippen LogP contribution < -0.4 is 9.64 Å². The number of rotatable bonds is 2. The van der Waals surface area contributed by atoms with Crippen LogP contribution in [0.3, 0.4) is 0 Å². The summed E-state index contributed by atoms with van der Waals surface area (Å²) in [4.78, 5) is 19.4. The first-order valence-electron chi connectivity index (χ1n) is 9.36. The second-order valence-electron chi connectivity index (χ2n) is 8.18. The van der Waals surface area contributed by atoms with E-state index in [4.69, 9.17) is 4.74 Å². The molecule has 2 aromatic rings. The molecule has 0 spiro atoms. The SMILES string of the molecule is COc1cc2c3c(c1)[C@@H](C)CC(C)(C)N3C(=O)C2=Nc1cccc(C(F)(F)F)c1. The van der Waals surface area contributed by atoms with E-state index in [1.54, 1.807) is 18.1 Å². The maximum absolute atomic E-state index is 13.3. The first-order chi connectivity index (χ1) is 13.5. The summed E-state index contributed by atoms with van der Waals surface area (Å²) in [6.07, 6.45) is -3.72. The Hall–Kier alpha value is -2.83. The molecular formula is C22H21F3N2O2. The van der Waals surface area contributed by atoms with Gasteiger partial charge in [-0.15, -0.1) is 0 Å². The lowest BCUT2D eigenvalue weighted by molar-refractivity contribution is -0.137. The van der Waals surface area contributed by atoms with Gasteiger partial charge >= 0.3 is 6.18 Å². The molecule has 29 heavy (non-hydrogen) atoms. The number of amides is 1. The van der Waals surface area contributed by atoms with E-state index in [9.17, 15) is 18.0 Å². The molecule has 0 fully saturated rings. The second-order valence-corrected chi connectivity index (χ2v) is 8.18. The van der Waals surface area contributed by atoms with Crippen LogP contribution in [0.25, 0.3) is 0 Å². The second kappa shape index (κ2) is 6.34. The molecule has 4 rings (SSSR count). The molecule has 0 N–H and O–H groups in total.